The van der Waals surface area contributed by atoms with Crippen molar-refractivity contribution in [2.24, 2.45) is 0 Å². The van der Waals surface area contributed by atoms with Crippen LogP contribution in [-0.2, 0) is 6.54 Å². The number of aryl methyl sites for hydroxylation is 1. The molecule has 0 bridgehead atoms. The van der Waals surface area contributed by atoms with Gasteiger partial charge in [0.1, 0.15) is 0 Å². The summed E-state index contributed by atoms with van der Waals surface area (Å²) in [5, 5.41) is 4.11. The zero-order valence-corrected chi connectivity index (χ0v) is 18.0. The fraction of sp³-hybridized carbons (Fsp3) is 0.125. The van der Waals surface area contributed by atoms with E-state index < -0.39 is 0 Å². The lowest BCUT2D eigenvalue weighted by molar-refractivity contribution is 0.102. The summed E-state index contributed by atoms with van der Waals surface area (Å²) < 4.78 is 3.46. The Kier molecular flexibility index (Phi) is 5.22. The average Bonchev–Trinajstić information content (AvgIpc) is 2.95. The lowest BCUT2D eigenvalue weighted by Gasteiger charge is -2.09. The number of halogens is 1. The number of anilines is 1. The van der Waals surface area contributed by atoms with E-state index in [2.05, 4.69) is 76.7 Å². The van der Waals surface area contributed by atoms with E-state index in [4.69, 9.17) is 0 Å². The summed E-state index contributed by atoms with van der Waals surface area (Å²) in [6.45, 7) is 5.09. The molecular formula is C24H21IN2O. The van der Waals surface area contributed by atoms with Crippen molar-refractivity contribution >= 4 is 45.1 Å². The summed E-state index contributed by atoms with van der Waals surface area (Å²) in [5.41, 5.74) is 6.35. The first-order chi connectivity index (χ1) is 13.5. The summed E-state index contributed by atoms with van der Waals surface area (Å²) in [5.74, 6) is -0.0871. The highest BCUT2D eigenvalue weighted by molar-refractivity contribution is 14.1. The molecule has 0 aliphatic heterocycles. The highest BCUT2D eigenvalue weighted by atomic mass is 127. The molecule has 0 aliphatic rings. The highest BCUT2D eigenvalue weighted by Crippen LogP contribution is 2.27. The van der Waals surface area contributed by atoms with Crippen LogP contribution in [0, 0.1) is 17.4 Å². The molecule has 4 heteroatoms. The molecule has 0 saturated carbocycles. The summed E-state index contributed by atoms with van der Waals surface area (Å²) >= 11 is 2.25. The molecule has 1 heterocycles. The largest absolute Gasteiger partial charge is 0.340 e. The van der Waals surface area contributed by atoms with Crippen LogP contribution in [0.2, 0.25) is 0 Å². The molecule has 0 fully saturated rings. The Morgan fingerprint density at radius 1 is 0.964 bits per heavy atom. The summed E-state index contributed by atoms with van der Waals surface area (Å²) in [7, 11) is 0. The molecule has 1 N–H and O–H groups in total. The molecule has 140 valence electrons. The van der Waals surface area contributed by atoms with Crippen LogP contribution >= 0.6 is 22.6 Å². The number of hydrogen-bond acceptors (Lipinski definition) is 1. The van der Waals surface area contributed by atoms with Crippen molar-refractivity contribution in [2.75, 3.05) is 5.32 Å². The molecule has 3 aromatic carbocycles. The molecule has 1 amide bonds. The Balaban J connectivity index is 1.66. The minimum Gasteiger partial charge on any atom is -0.340 e. The van der Waals surface area contributed by atoms with Gasteiger partial charge < -0.3 is 9.88 Å². The second-order valence-corrected chi connectivity index (χ2v) is 8.22. The van der Waals surface area contributed by atoms with Gasteiger partial charge in [0, 0.05) is 38.0 Å². The van der Waals surface area contributed by atoms with E-state index in [-0.39, 0.29) is 5.91 Å². The van der Waals surface area contributed by atoms with Crippen molar-refractivity contribution in [3.8, 4) is 0 Å². The van der Waals surface area contributed by atoms with Gasteiger partial charge in [-0.15, -0.1) is 0 Å². The van der Waals surface area contributed by atoms with Crippen molar-refractivity contribution < 1.29 is 4.79 Å². The number of rotatable bonds is 4. The SMILES string of the molecule is Cc1c(C)n(Cc2ccccc2)c2ccc(C(=O)Nc3ccc(I)cc3)cc12. The van der Waals surface area contributed by atoms with Gasteiger partial charge >= 0.3 is 0 Å². The molecular weight excluding hydrogens is 459 g/mol. The maximum Gasteiger partial charge on any atom is 0.255 e. The number of hydrogen-bond donors (Lipinski definition) is 1. The first-order valence-electron chi connectivity index (χ1n) is 9.23. The molecule has 0 aliphatic carbocycles. The minimum absolute atomic E-state index is 0.0871. The molecule has 0 saturated heterocycles. The van der Waals surface area contributed by atoms with E-state index in [1.54, 1.807) is 0 Å². The Hall–Kier alpha value is -2.60. The van der Waals surface area contributed by atoms with E-state index in [1.165, 1.54) is 16.8 Å². The van der Waals surface area contributed by atoms with Crippen LogP contribution < -0.4 is 5.32 Å². The van der Waals surface area contributed by atoms with Crippen LogP contribution in [0.4, 0.5) is 5.69 Å². The lowest BCUT2D eigenvalue weighted by Crippen LogP contribution is -2.11. The standard InChI is InChI=1S/C24H21IN2O/c1-16-17(2)27(15-18-6-4-3-5-7-18)23-13-8-19(14-22(16)23)24(28)26-21-11-9-20(25)10-12-21/h3-14H,15H2,1-2H3,(H,26,28). The van der Waals surface area contributed by atoms with Gasteiger partial charge in [-0.25, -0.2) is 0 Å². The van der Waals surface area contributed by atoms with E-state index in [0.717, 1.165) is 26.7 Å². The van der Waals surface area contributed by atoms with Crippen LogP contribution in [0.5, 0.6) is 0 Å². The van der Waals surface area contributed by atoms with Crippen LogP contribution in [0.1, 0.15) is 27.2 Å². The molecule has 28 heavy (non-hydrogen) atoms. The molecule has 0 spiro atoms. The molecule has 0 radical (unpaired) electrons. The predicted molar refractivity (Wildman–Crippen MR) is 124 cm³/mol. The maximum absolute atomic E-state index is 12.7. The van der Waals surface area contributed by atoms with E-state index in [1.807, 2.05) is 42.5 Å². The van der Waals surface area contributed by atoms with Crippen LogP contribution in [0.25, 0.3) is 10.9 Å². The van der Waals surface area contributed by atoms with Crippen molar-refractivity contribution in [2.45, 2.75) is 20.4 Å². The Bertz CT molecular complexity index is 1140. The number of carbonyl (C=O) groups excluding carboxylic acids is 1. The average molecular weight is 480 g/mol. The van der Waals surface area contributed by atoms with Gasteiger partial charge in [0.15, 0.2) is 0 Å². The summed E-state index contributed by atoms with van der Waals surface area (Å²) in [6, 6.07) is 24.2. The zero-order valence-electron chi connectivity index (χ0n) is 15.9. The smallest absolute Gasteiger partial charge is 0.255 e. The van der Waals surface area contributed by atoms with Gasteiger partial charge in [0.2, 0.25) is 0 Å². The number of carbonyl (C=O) groups is 1. The molecule has 4 aromatic rings. The minimum atomic E-state index is -0.0871. The highest BCUT2D eigenvalue weighted by Gasteiger charge is 2.14. The molecule has 0 atom stereocenters. The molecule has 4 rings (SSSR count). The Morgan fingerprint density at radius 2 is 1.68 bits per heavy atom. The van der Waals surface area contributed by atoms with Crippen molar-refractivity contribution in [3.63, 3.8) is 0 Å². The lowest BCUT2D eigenvalue weighted by atomic mass is 10.1. The van der Waals surface area contributed by atoms with Crippen LogP contribution in [0.15, 0.2) is 72.8 Å². The number of amides is 1. The normalized spacial score (nSPS) is 11.0. The van der Waals surface area contributed by atoms with Gasteiger partial charge in [-0.2, -0.15) is 0 Å². The predicted octanol–water partition coefficient (Wildman–Crippen LogP) is 6.16. The van der Waals surface area contributed by atoms with Crippen LogP contribution in [0.3, 0.4) is 0 Å². The monoisotopic (exact) mass is 480 g/mol. The van der Waals surface area contributed by atoms with Gasteiger partial charge in [0.05, 0.1) is 0 Å². The first-order valence-corrected chi connectivity index (χ1v) is 10.3. The topological polar surface area (TPSA) is 34.0 Å². The second-order valence-electron chi connectivity index (χ2n) is 6.98. The Labute approximate surface area is 178 Å². The second kappa shape index (κ2) is 7.80. The quantitative estimate of drug-likeness (QED) is 0.349. The summed E-state index contributed by atoms with van der Waals surface area (Å²) in [4.78, 5) is 12.7. The number of benzene rings is 3. The molecule has 3 nitrogen and oxygen atoms in total. The van der Waals surface area contributed by atoms with Crippen molar-refractivity contribution in [1.82, 2.24) is 4.57 Å². The number of nitrogens with one attached hydrogen (secondary N) is 1. The van der Waals surface area contributed by atoms with Crippen LogP contribution in [-0.4, -0.2) is 10.5 Å². The van der Waals surface area contributed by atoms with Crippen molar-refractivity contribution in [3.05, 3.63) is 98.8 Å². The zero-order chi connectivity index (χ0) is 19.7. The number of fused-ring (bicyclic) bond motifs is 1. The summed E-state index contributed by atoms with van der Waals surface area (Å²) in [6.07, 6.45) is 0. The fourth-order valence-corrected chi connectivity index (χ4v) is 3.86. The van der Waals surface area contributed by atoms with E-state index in [0.29, 0.717) is 5.56 Å². The first kappa shape index (κ1) is 18.7. The Morgan fingerprint density at radius 3 is 2.39 bits per heavy atom. The number of nitrogens with zero attached hydrogens (tertiary/aromatic N) is 1. The van der Waals surface area contributed by atoms with E-state index >= 15 is 0 Å². The maximum atomic E-state index is 12.7. The molecule has 1 aromatic heterocycles. The van der Waals surface area contributed by atoms with Gasteiger partial charge in [-0.05, 0) is 90.0 Å². The third-order valence-electron chi connectivity index (χ3n) is 5.19. The van der Waals surface area contributed by atoms with Crippen molar-refractivity contribution in [1.29, 1.82) is 0 Å². The van der Waals surface area contributed by atoms with Gasteiger partial charge in [-0.1, -0.05) is 30.3 Å². The third kappa shape index (κ3) is 3.69. The van der Waals surface area contributed by atoms with Gasteiger partial charge in [-0.3, -0.25) is 4.79 Å². The molecule has 0 unspecified atom stereocenters. The number of aromatic nitrogens is 1. The van der Waals surface area contributed by atoms with E-state index in [9.17, 15) is 4.79 Å². The third-order valence-corrected chi connectivity index (χ3v) is 5.91. The fourth-order valence-electron chi connectivity index (χ4n) is 3.50. The van der Waals surface area contributed by atoms with Gasteiger partial charge in [0.25, 0.3) is 5.91 Å².